The van der Waals surface area contributed by atoms with Crippen LogP contribution in [0.25, 0.3) is 0 Å². The van der Waals surface area contributed by atoms with Crippen LogP contribution in [-0.4, -0.2) is 13.1 Å². The molecule has 16 heavy (non-hydrogen) atoms. The van der Waals surface area contributed by atoms with Crippen molar-refractivity contribution in [2.75, 3.05) is 23.3 Å². The van der Waals surface area contributed by atoms with Gasteiger partial charge in [0.15, 0.2) is 0 Å². The van der Waals surface area contributed by atoms with Crippen molar-refractivity contribution in [1.82, 2.24) is 0 Å². The predicted molar refractivity (Wildman–Crippen MR) is 70.9 cm³/mol. The van der Waals surface area contributed by atoms with E-state index in [4.69, 9.17) is 0 Å². The van der Waals surface area contributed by atoms with E-state index in [-0.39, 0.29) is 0 Å². The van der Waals surface area contributed by atoms with Crippen molar-refractivity contribution < 1.29 is 0 Å². The summed E-state index contributed by atoms with van der Waals surface area (Å²) in [6, 6.07) is 8.63. The third-order valence-electron chi connectivity index (χ3n) is 2.95. The molecule has 0 aromatic heterocycles. The van der Waals surface area contributed by atoms with Gasteiger partial charge in [0.05, 0.1) is 0 Å². The number of hydrogen-bond acceptors (Lipinski definition) is 2. The van der Waals surface area contributed by atoms with Gasteiger partial charge in [-0.3, -0.25) is 0 Å². The van der Waals surface area contributed by atoms with E-state index in [1.54, 1.807) is 0 Å². The molecule has 2 heteroatoms. The van der Waals surface area contributed by atoms with Crippen LogP contribution < -0.4 is 10.2 Å². The summed E-state index contributed by atoms with van der Waals surface area (Å²) in [6.45, 7) is 8.22. The summed E-state index contributed by atoms with van der Waals surface area (Å²) in [5.41, 5.74) is 3.44. The fraction of sp³-hybridized carbons (Fsp3) is 0.429. The predicted octanol–water partition coefficient (Wildman–Crippen LogP) is 3.62. The van der Waals surface area contributed by atoms with Crippen LogP contribution in [0.4, 0.5) is 11.4 Å². The van der Waals surface area contributed by atoms with Gasteiger partial charge in [-0.1, -0.05) is 6.58 Å². The summed E-state index contributed by atoms with van der Waals surface area (Å²) in [4.78, 5) is 2.47. The van der Waals surface area contributed by atoms with Crippen LogP contribution in [0, 0.1) is 0 Å². The molecular formula is C14H20N2. The minimum atomic E-state index is 0.978. The zero-order valence-electron chi connectivity index (χ0n) is 10.00. The van der Waals surface area contributed by atoms with Gasteiger partial charge in [0.25, 0.3) is 0 Å². The van der Waals surface area contributed by atoms with Crippen LogP contribution in [0.2, 0.25) is 0 Å². The Morgan fingerprint density at radius 3 is 2.31 bits per heavy atom. The van der Waals surface area contributed by atoms with Crippen LogP contribution in [-0.2, 0) is 0 Å². The maximum atomic E-state index is 3.84. The molecule has 0 aliphatic carbocycles. The maximum absolute atomic E-state index is 3.84. The number of allylic oxidation sites excluding steroid dienone is 1. The summed E-state index contributed by atoms with van der Waals surface area (Å²) in [6.07, 6.45) is 4.03. The lowest BCUT2D eigenvalue weighted by Crippen LogP contribution is -2.29. The minimum absolute atomic E-state index is 0.978. The van der Waals surface area contributed by atoms with Crippen molar-refractivity contribution in [3.05, 3.63) is 36.5 Å². The first kappa shape index (κ1) is 11.1. The smallest absolute Gasteiger partial charge is 0.0383 e. The number of nitrogens with zero attached hydrogens (tertiary/aromatic N) is 1. The molecule has 0 atom stereocenters. The van der Waals surface area contributed by atoms with E-state index in [2.05, 4.69) is 41.1 Å². The number of anilines is 2. The van der Waals surface area contributed by atoms with Crippen LogP contribution in [0.1, 0.15) is 26.2 Å². The van der Waals surface area contributed by atoms with Gasteiger partial charge in [-0.25, -0.2) is 0 Å². The second-order valence-electron chi connectivity index (χ2n) is 4.50. The second kappa shape index (κ2) is 5.06. The van der Waals surface area contributed by atoms with E-state index in [1.807, 2.05) is 6.92 Å². The molecule has 1 aliphatic heterocycles. The lowest BCUT2D eigenvalue weighted by molar-refractivity contribution is 0.578. The Hall–Kier alpha value is -1.44. The third-order valence-corrected chi connectivity index (χ3v) is 2.95. The first-order valence-corrected chi connectivity index (χ1v) is 6.03. The summed E-state index contributed by atoms with van der Waals surface area (Å²) < 4.78 is 0. The Morgan fingerprint density at radius 2 is 1.75 bits per heavy atom. The lowest BCUT2D eigenvalue weighted by Gasteiger charge is -2.28. The van der Waals surface area contributed by atoms with Crippen LogP contribution >= 0.6 is 0 Å². The fourth-order valence-electron chi connectivity index (χ4n) is 2.15. The number of hydrogen-bond donors (Lipinski definition) is 1. The topological polar surface area (TPSA) is 15.3 Å². The summed E-state index contributed by atoms with van der Waals surface area (Å²) in [5.74, 6) is 0. The molecule has 0 spiro atoms. The quantitative estimate of drug-likeness (QED) is 0.830. The second-order valence-corrected chi connectivity index (χ2v) is 4.50. The van der Waals surface area contributed by atoms with Gasteiger partial charge in [-0.2, -0.15) is 0 Å². The van der Waals surface area contributed by atoms with Gasteiger partial charge < -0.3 is 10.2 Å². The van der Waals surface area contributed by atoms with E-state index in [9.17, 15) is 0 Å². The zero-order chi connectivity index (χ0) is 11.4. The van der Waals surface area contributed by atoms with Gasteiger partial charge in [-0.05, 0) is 50.5 Å². The minimum Gasteiger partial charge on any atom is -0.372 e. The zero-order valence-corrected chi connectivity index (χ0v) is 10.00. The van der Waals surface area contributed by atoms with Crippen molar-refractivity contribution in [2.45, 2.75) is 26.2 Å². The lowest BCUT2D eigenvalue weighted by atomic mass is 10.1. The molecule has 86 valence electrons. The highest BCUT2D eigenvalue weighted by Gasteiger charge is 2.10. The molecule has 1 aliphatic rings. The van der Waals surface area contributed by atoms with Crippen molar-refractivity contribution >= 4 is 11.4 Å². The fourth-order valence-corrected chi connectivity index (χ4v) is 2.15. The summed E-state index contributed by atoms with van der Waals surface area (Å²) >= 11 is 0. The molecule has 2 rings (SSSR count). The first-order chi connectivity index (χ1) is 7.75. The average Bonchev–Trinajstić information content (AvgIpc) is 2.30. The number of piperidine rings is 1. The Bertz CT molecular complexity index is 348. The first-order valence-electron chi connectivity index (χ1n) is 6.03. The maximum Gasteiger partial charge on any atom is 0.0383 e. The van der Waals surface area contributed by atoms with Gasteiger partial charge in [0, 0.05) is 30.2 Å². The Morgan fingerprint density at radius 1 is 1.12 bits per heavy atom. The number of benzene rings is 1. The van der Waals surface area contributed by atoms with Crippen molar-refractivity contribution in [3.8, 4) is 0 Å². The Kier molecular flexibility index (Phi) is 3.50. The number of rotatable bonds is 3. The van der Waals surface area contributed by atoms with Gasteiger partial charge in [-0.15, -0.1) is 0 Å². The van der Waals surface area contributed by atoms with Crippen LogP contribution in [0.5, 0.6) is 0 Å². The molecule has 1 fully saturated rings. The molecule has 1 saturated heterocycles. The third kappa shape index (κ3) is 2.78. The highest BCUT2D eigenvalue weighted by molar-refractivity contribution is 5.56. The summed E-state index contributed by atoms with van der Waals surface area (Å²) in [7, 11) is 0. The molecule has 0 bridgehead atoms. The van der Waals surface area contributed by atoms with Crippen LogP contribution in [0.3, 0.4) is 0 Å². The molecule has 0 amide bonds. The van der Waals surface area contributed by atoms with E-state index >= 15 is 0 Å². The van der Waals surface area contributed by atoms with Gasteiger partial charge in [0.2, 0.25) is 0 Å². The van der Waals surface area contributed by atoms with E-state index in [0.717, 1.165) is 11.4 Å². The Balaban J connectivity index is 2.03. The summed E-state index contributed by atoms with van der Waals surface area (Å²) in [5, 5.41) is 3.22. The van der Waals surface area contributed by atoms with Gasteiger partial charge in [0.1, 0.15) is 0 Å². The molecule has 1 aromatic rings. The van der Waals surface area contributed by atoms with Crippen molar-refractivity contribution in [1.29, 1.82) is 0 Å². The van der Waals surface area contributed by atoms with Crippen LogP contribution in [0.15, 0.2) is 36.5 Å². The average molecular weight is 216 g/mol. The monoisotopic (exact) mass is 216 g/mol. The highest BCUT2D eigenvalue weighted by atomic mass is 15.1. The molecule has 0 radical (unpaired) electrons. The standard InChI is InChI=1S/C14H20N2/c1-12(2)15-13-6-8-14(9-7-13)16-10-4-3-5-11-16/h6-9,15H,1,3-5,10-11H2,2H3. The largest absolute Gasteiger partial charge is 0.372 e. The normalized spacial score (nSPS) is 15.9. The van der Waals surface area contributed by atoms with E-state index in [0.29, 0.717) is 0 Å². The molecule has 1 heterocycles. The molecule has 0 saturated carbocycles. The molecule has 1 aromatic carbocycles. The molecule has 2 nitrogen and oxygen atoms in total. The van der Waals surface area contributed by atoms with E-state index < -0.39 is 0 Å². The van der Waals surface area contributed by atoms with Gasteiger partial charge >= 0.3 is 0 Å². The molecule has 1 N–H and O–H groups in total. The van der Waals surface area contributed by atoms with Crippen molar-refractivity contribution in [2.24, 2.45) is 0 Å². The molecule has 0 unspecified atom stereocenters. The van der Waals surface area contributed by atoms with Crippen molar-refractivity contribution in [3.63, 3.8) is 0 Å². The highest BCUT2D eigenvalue weighted by Crippen LogP contribution is 2.22. The van der Waals surface area contributed by atoms with E-state index in [1.165, 1.54) is 38.0 Å². The number of nitrogens with one attached hydrogen (secondary N) is 1. The Labute approximate surface area is 98.0 Å². The molecular weight excluding hydrogens is 196 g/mol. The SMILES string of the molecule is C=C(C)Nc1ccc(N2CCCCC2)cc1.